The van der Waals surface area contributed by atoms with Crippen LogP contribution < -0.4 is 16.6 Å². The second-order valence-electron chi connectivity index (χ2n) is 7.70. The van der Waals surface area contributed by atoms with E-state index in [1.807, 2.05) is 6.08 Å². The molecule has 168 valence electrons. The van der Waals surface area contributed by atoms with Gasteiger partial charge in [0, 0.05) is 11.3 Å². The third-order valence-corrected chi connectivity index (χ3v) is 5.29. The largest absolute Gasteiger partial charge is 0.416 e. The first kappa shape index (κ1) is 21.8. The third kappa shape index (κ3) is 4.45. The smallest absolute Gasteiger partial charge is 0.399 e. The standard InChI is InChI=1S/C22H22F3N5O2/c1-11(14-7-15(22(23,24)25)9-16(26)8-14)27-19-18-10-17(13-3-5-32-6-4-13)21(31)30-20(18)29-12(2)28-19/h3,7-11H,4-6,26H2,1-2H3,(H2,27,28,29,30,31). The predicted molar refractivity (Wildman–Crippen MR) is 116 cm³/mol. The Hall–Kier alpha value is -3.40. The Labute approximate surface area is 181 Å². The maximum Gasteiger partial charge on any atom is 0.416 e. The number of pyridine rings is 1. The molecule has 1 atom stereocenters. The SMILES string of the molecule is Cc1nc(NC(C)c2cc(N)cc(C(F)(F)F)c2)c2cc(C3=CCOCC3)c(=O)[nH]c2n1. The third-order valence-electron chi connectivity index (χ3n) is 5.29. The molecule has 1 aliphatic heterocycles. The van der Waals surface area contributed by atoms with Crippen molar-refractivity contribution in [3.05, 3.63) is 63.2 Å². The van der Waals surface area contributed by atoms with E-state index in [9.17, 15) is 18.0 Å². The van der Waals surface area contributed by atoms with Gasteiger partial charge < -0.3 is 20.8 Å². The van der Waals surface area contributed by atoms with E-state index in [0.717, 1.165) is 17.7 Å². The number of nitrogens with one attached hydrogen (secondary N) is 2. The van der Waals surface area contributed by atoms with Crippen molar-refractivity contribution in [1.82, 2.24) is 15.0 Å². The summed E-state index contributed by atoms with van der Waals surface area (Å²) in [6.07, 6.45) is -2.05. The Balaban J connectivity index is 1.76. The maximum absolute atomic E-state index is 13.2. The number of nitrogens with zero attached hydrogens (tertiary/aromatic N) is 2. The number of aryl methyl sites for hydroxylation is 1. The minimum Gasteiger partial charge on any atom is -0.399 e. The summed E-state index contributed by atoms with van der Waals surface area (Å²) in [4.78, 5) is 24.2. The van der Waals surface area contributed by atoms with E-state index in [-0.39, 0.29) is 11.2 Å². The lowest BCUT2D eigenvalue weighted by molar-refractivity contribution is -0.137. The van der Waals surface area contributed by atoms with E-state index >= 15 is 0 Å². The van der Waals surface area contributed by atoms with E-state index < -0.39 is 17.8 Å². The number of fused-ring (bicyclic) bond motifs is 1. The van der Waals surface area contributed by atoms with Crippen molar-refractivity contribution in [2.24, 2.45) is 0 Å². The van der Waals surface area contributed by atoms with E-state index in [2.05, 4.69) is 20.3 Å². The summed E-state index contributed by atoms with van der Waals surface area (Å²) in [5, 5.41) is 3.72. The zero-order valence-corrected chi connectivity index (χ0v) is 17.5. The molecule has 0 saturated carbocycles. The Morgan fingerprint density at radius 2 is 2.00 bits per heavy atom. The molecule has 4 N–H and O–H groups in total. The molecular weight excluding hydrogens is 423 g/mol. The summed E-state index contributed by atoms with van der Waals surface area (Å²) >= 11 is 0. The average Bonchev–Trinajstić information content (AvgIpc) is 2.72. The zero-order valence-electron chi connectivity index (χ0n) is 17.5. The Morgan fingerprint density at radius 3 is 2.69 bits per heavy atom. The number of nitrogens with two attached hydrogens (primary N) is 1. The lowest BCUT2D eigenvalue weighted by Gasteiger charge is -2.19. The summed E-state index contributed by atoms with van der Waals surface area (Å²) in [7, 11) is 0. The average molecular weight is 445 g/mol. The topological polar surface area (TPSA) is 106 Å². The molecular formula is C22H22F3N5O2. The van der Waals surface area contributed by atoms with Crippen LogP contribution in [0.2, 0.25) is 0 Å². The summed E-state index contributed by atoms with van der Waals surface area (Å²) in [5.41, 5.74) is 6.71. The van der Waals surface area contributed by atoms with Crippen LogP contribution in [0.5, 0.6) is 0 Å². The van der Waals surface area contributed by atoms with Crippen molar-refractivity contribution in [3.8, 4) is 0 Å². The highest BCUT2D eigenvalue weighted by Crippen LogP contribution is 2.34. The number of H-pyrrole nitrogens is 1. The van der Waals surface area contributed by atoms with Gasteiger partial charge in [-0.25, -0.2) is 9.97 Å². The molecule has 1 aromatic carbocycles. The monoisotopic (exact) mass is 445 g/mol. The van der Waals surface area contributed by atoms with Crippen molar-refractivity contribution in [2.45, 2.75) is 32.5 Å². The van der Waals surface area contributed by atoms with Gasteiger partial charge >= 0.3 is 6.18 Å². The number of aromatic amines is 1. The number of anilines is 2. The number of aromatic nitrogens is 3. The molecule has 32 heavy (non-hydrogen) atoms. The van der Waals surface area contributed by atoms with Gasteiger partial charge in [-0.15, -0.1) is 0 Å². The van der Waals surface area contributed by atoms with E-state index in [1.54, 1.807) is 19.9 Å². The van der Waals surface area contributed by atoms with Crippen LogP contribution in [0.15, 0.2) is 35.1 Å². The number of hydrogen-bond acceptors (Lipinski definition) is 6. The molecule has 0 aliphatic carbocycles. The molecule has 0 bridgehead atoms. The van der Waals surface area contributed by atoms with E-state index in [4.69, 9.17) is 10.5 Å². The summed E-state index contributed by atoms with van der Waals surface area (Å²) in [6.45, 7) is 4.33. The molecule has 0 saturated heterocycles. The minimum atomic E-state index is -4.51. The van der Waals surface area contributed by atoms with Crippen LogP contribution in [-0.2, 0) is 10.9 Å². The molecule has 3 heterocycles. The van der Waals surface area contributed by atoms with Crippen LogP contribution in [0.3, 0.4) is 0 Å². The summed E-state index contributed by atoms with van der Waals surface area (Å²) < 4.78 is 45.0. The van der Waals surface area contributed by atoms with Gasteiger partial charge in [0.05, 0.1) is 30.2 Å². The van der Waals surface area contributed by atoms with Crippen molar-refractivity contribution in [2.75, 3.05) is 24.3 Å². The molecule has 1 aliphatic rings. The molecule has 10 heteroatoms. The molecule has 0 fully saturated rings. The highest BCUT2D eigenvalue weighted by molar-refractivity contribution is 5.89. The quantitative estimate of drug-likeness (QED) is 0.520. The van der Waals surface area contributed by atoms with Crippen LogP contribution in [0.1, 0.15) is 41.9 Å². The molecule has 3 aromatic rings. The lowest BCUT2D eigenvalue weighted by Crippen LogP contribution is -2.17. The fourth-order valence-corrected chi connectivity index (χ4v) is 3.70. The van der Waals surface area contributed by atoms with Crippen LogP contribution >= 0.6 is 0 Å². The van der Waals surface area contributed by atoms with Crippen LogP contribution in [0.4, 0.5) is 24.7 Å². The second-order valence-corrected chi connectivity index (χ2v) is 7.70. The van der Waals surface area contributed by atoms with Gasteiger partial charge in [0.15, 0.2) is 0 Å². The van der Waals surface area contributed by atoms with Crippen LogP contribution in [0, 0.1) is 6.92 Å². The lowest BCUT2D eigenvalue weighted by atomic mass is 10.0. The van der Waals surface area contributed by atoms with Gasteiger partial charge in [-0.3, -0.25) is 4.79 Å². The fourth-order valence-electron chi connectivity index (χ4n) is 3.70. The summed E-state index contributed by atoms with van der Waals surface area (Å²) in [5.74, 6) is 0.811. The molecule has 4 rings (SSSR count). The maximum atomic E-state index is 13.2. The summed E-state index contributed by atoms with van der Waals surface area (Å²) in [6, 6.07) is 4.61. The minimum absolute atomic E-state index is 0.0188. The van der Waals surface area contributed by atoms with Gasteiger partial charge in [-0.05, 0) is 55.7 Å². The van der Waals surface area contributed by atoms with Crippen molar-refractivity contribution < 1.29 is 17.9 Å². The highest BCUT2D eigenvalue weighted by Gasteiger charge is 2.31. The van der Waals surface area contributed by atoms with E-state index in [1.165, 1.54) is 6.07 Å². The van der Waals surface area contributed by atoms with Crippen LogP contribution in [0.25, 0.3) is 16.6 Å². The molecule has 7 nitrogen and oxygen atoms in total. The number of benzene rings is 1. The molecule has 1 unspecified atom stereocenters. The van der Waals surface area contributed by atoms with Gasteiger partial charge in [0.25, 0.3) is 5.56 Å². The Kier molecular flexibility index (Phi) is 5.64. The Bertz CT molecular complexity index is 1270. The first-order valence-corrected chi connectivity index (χ1v) is 10.0. The molecule has 0 radical (unpaired) electrons. The number of nitrogen functional groups attached to an aromatic ring is 1. The number of hydrogen-bond donors (Lipinski definition) is 3. The molecule has 2 aromatic heterocycles. The second kappa shape index (κ2) is 8.27. The van der Waals surface area contributed by atoms with E-state index in [0.29, 0.717) is 53.4 Å². The van der Waals surface area contributed by atoms with Crippen molar-refractivity contribution in [1.29, 1.82) is 0 Å². The van der Waals surface area contributed by atoms with Gasteiger partial charge in [0.1, 0.15) is 17.3 Å². The first-order valence-electron chi connectivity index (χ1n) is 10.0. The predicted octanol–water partition coefficient (Wildman–Crippen LogP) is 4.20. The number of alkyl halides is 3. The molecule has 0 amide bonds. The normalized spacial score (nSPS) is 15.5. The Morgan fingerprint density at radius 1 is 1.22 bits per heavy atom. The zero-order chi connectivity index (χ0) is 23.0. The fraction of sp³-hybridized carbons (Fsp3) is 0.318. The van der Waals surface area contributed by atoms with Gasteiger partial charge in [-0.1, -0.05) is 6.08 Å². The van der Waals surface area contributed by atoms with Crippen molar-refractivity contribution in [3.63, 3.8) is 0 Å². The number of rotatable bonds is 4. The van der Waals surface area contributed by atoms with Gasteiger partial charge in [0.2, 0.25) is 0 Å². The molecule has 0 spiro atoms. The number of ether oxygens (including phenoxy) is 1. The number of halogens is 3. The van der Waals surface area contributed by atoms with Crippen molar-refractivity contribution >= 4 is 28.1 Å². The van der Waals surface area contributed by atoms with Gasteiger partial charge in [-0.2, -0.15) is 13.2 Å². The van der Waals surface area contributed by atoms with Crippen LogP contribution in [-0.4, -0.2) is 28.2 Å². The highest BCUT2D eigenvalue weighted by atomic mass is 19.4. The first-order chi connectivity index (χ1) is 15.1.